The molecule has 1 fully saturated rings. The van der Waals surface area contributed by atoms with E-state index in [9.17, 15) is 9.59 Å². The summed E-state index contributed by atoms with van der Waals surface area (Å²) in [6.45, 7) is 2.06. The van der Waals surface area contributed by atoms with E-state index in [1.54, 1.807) is 0 Å². The van der Waals surface area contributed by atoms with Crippen LogP contribution < -0.4 is 0 Å². The Kier molecular flexibility index (Phi) is 7.01. The molecule has 2 aromatic rings. The topological polar surface area (TPSA) is 34.1 Å². The van der Waals surface area contributed by atoms with Gasteiger partial charge in [-0.3, -0.25) is 9.59 Å². The van der Waals surface area contributed by atoms with Gasteiger partial charge in [0.1, 0.15) is 5.78 Å². The van der Waals surface area contributed by atoms with Crippen LogP contribution in [0.3, 0.4) is 0 Å². The maximum absolute atomic E-state index is 13.0. The number of hydrogen-bond acceptors (Lipinski definition) is 2. The van der Waals surface area contributed by atoms with Crippen LogP contribution in [0.1, 0.15) is 72.3 Å². The van der Waals surface area contributed by atoms with Crippen LogP contribution in [0.15, 0.2) is 53.0 Å². The minimum Gasteiger partial charge on any atom is -0.299 e. The molecule has 27 heavy (non-hydrogen) atoms. The van der Waals surface area contributed by atoms with Crippen molar-refractivity contribution in [1.82, 2.24) is 0 Å². The fourth-order valence-corrected chi connectivity index (χ4v) is 4.31. The lowest BCUT2D eigenvalue weighted by atomic mass is 9.75. The summed E-state index contributed by atoms with van der Waals surface area (Å²) < 4.78 is 0.962. The Morgan fingerprint density at radius 1 is 1.00 bits per heavy atom. The van der Waals surface area contributed by atoms with Crippen LogP contribution >= 0.6 is 15.9 Å². The molecule has 0 aromatic heterocycles. The SMILES string of the molecule is Cc1ccc([C@@H](CC(=O)c2ccc(Br)cc2)[C@H]2CCCCCCC2=O)cc1. The Hall–Kier alpha value is -1.74. The Morgan fingerprint density at radius 3 is 2.37 bits per heavy atom. The number of carbonyl (C=O) groups excluding carboxylic acids is 2. The van der Waals surface area contributed by atoms with Crippen LogP contribution in [0.5, 0.6) is 0 Å². The fraction of sp³-hybridized carbons (Fsp3) is 0.417. The second kappa shape index (κ2) is 9.45. The van der Waals surface area contributed by atoms with E-state index in [1.807, 2.05) is 24.3 Å². The van der Waals surface area contributed by atoms with E-state index >= 15 is 0 Å². The number of rotatable bonds is 5. The highest BCUT2D eigenvalue weighted by atomic mass is 79.9. The van der Waals surface area contributed by atoms with Crippen molar-refractivity contribution in [3.8, 4) is 0 Å². The number of aryl methyl sites for hydroxylation is 1. The van der Waals surface area contributed by atoms with Crippen molar-refractivity contribution in [2.75, 3.05) is 0 Å². The van der Waals surface area contributed by atoms with E-state index in [1.165, 1.54) is 12.0 Å². The molecule has 0 aliphatic heterocycles. The Morgan fingerprint density at radius 2 is 1.67 bits per heavy atom. The summed E-state index contributed by atoms with van der Waals surface area (Å²) in [5.74, 6) is 0.367. The highest BCUT2D eigenvalue weighted by Crippen LogP contribution is 2.36. The molecule has 0 bridgehead atoms. The maximum Gasteiger partial charge on any atom is 0.163 e. The third kappa shape index (κ3) is 5.38. The largest absolute Gasteiger partial charge is 0.299 e. The zero-order valence-electron chi connectivity index (χ0n) is 15.9. The van der Waals surface area contributed by atoms with Gasteiger partial charge in [0.05, 0.1) is 0 Å². The lowest BCUT2D eigenvalue weighted by Gasteiger charge is -2.28. The van der Waals surface area contributed by atoms with Gasteiger partial charge in [0, 0.05) is 34.7 Å². The minimum atomic E-state index is -0.0487. The molecule has 0 N–H and O–H groups in total. The van der Waals surface area contributed by atoms with Gasteiger partial charge in [0.15, 0.2) is 5.78 Å². The molecule has 2 nitrogen and oxygen atoms in total. The molecule has 1 aliphatic rings. The van der Waals surface area contributed by atoms with E-state index in [0.717, 1.165) is 35.7 Å². The number of ketones is 2. The lowest BCUT2D eigenvalue weighted by Crippen LogP contribution is -2.26. The van der Waals surface area contributed by atoms with Gasteiger partial charge >= 0.3 is 0 Å². The standard InChI is InChI=1S/C24H27BrO2/c1-17-8-10-18(11-9-17)22(21-6-4-2-3-5-7-23(21)26)16-24(27)19-12-14-20(25)15-13-19/h8-15,21-22H,2-7,16H2,1H3/t21-,22-/m1/s1. The number of carbonyl (C=O) groups is 2. The molecule has 0 amide bonds. The van der Waals surface area contributed by atoms with Crippen molar-refractivity contribution >= 4 is 27.5 Å². The molecule has 1 saturated carbocycles. The first-order chi connectivity index (χ1) is 13.0. The molecule has 0 saturated heterocycles. The van der Waals surface area contributed by atoms with Gasteiger partial charge in [0.2, 0.25) is 0 Å². The summed E-state index contributed by atoms with van der Waals surface area (Å²) in [4.78, 5) is 25.9. The zero-order valence-corrected chi connectivity index (χ0v) is 17.5. The number of halogens is 1. The second-order valence-electron chi connectivity index (χ2n) is 7.68. The third-order valence-electron chi connectivity index (χ3n) is 5.66. The predicted octanol–water partition coefficient (Wildman–Crippen LogP) is 6.65. The van der Waals surface area contributed by atoms with Gasteiger partial charge in [-0.25, -0.2) is 0 Å². The number of hydrogen-bond donors (Lipinski definition) is 0. The first kappa shape index (κ1) is 20.0. The molecule has 142 valence electrons. The monoisotopic (exact) mass is 426 g/mol. The highest BCUT2D eigenvalue weighted by Gasteiger charge is 2.31. The van der Waals surface area contributed by atoms with Crippen molar-refractivity contribution in [3.05, 3.63) is 69.7 Å². The molecule has 3 heteroatoms. The molecule has 1 aliphatic carbocycles. The molecule has 2 aromatic carbocycles. The molecular formula is C24H27BrO2. The average molecular weight is 427 g/mol. The summed E-state index contributed by atoms with van der Waals surface area (Å²) in [6, 6.07) is 15.9. The summed E-state index contributed by atoms with van der Waals surface area (Å²) >= 11 is 3.42. The van der Waals surface area contributed by atoms with Crippen molar-refractivity contribution in [1.29, 1.82) is 0 Å². The summed E-state index contributed by atoms with van der Waals surface area (Å²) in [5.41, 5.74) is 3.03. The van der Waals surface area contributed by atoms with Crippen molar-refractivity contribution in [2.45, 2.75) is 57.8 Å². The summed E-state index contributed by atoms with van der Waals surface area (Å²) in [5, 5.41) is 0. The minimum absolute atomic E-state index is 0.0349. The Balaban J connectivity index is 1.88. The molecule has 0 unspecified atom stereocenters. The predicted molar refractivity (Wildman–Crippen MR) is 113 cm³/mol. The maximum atomic E-state index is 13.0. The van der Waals surface area contributed by atoms with E-state index in [0.29, 0.717) is 24.2 Å². The average Bonchev–Trinajstić information content (AvgIpc) is 2.65. The van der Waals surface area contributed by atoms with Crippen LogP contribution in [0.25, 0.3) is 0 Å². The van der Waals surface area contributed by atoms with Crippen molar-refractivity contribution in [2.24, 2.45) is 5.92 Å². The second-order valence-corrected chi connectivity index (χ2v) is 8.59. The summed E-state index contributed by atoms with van der Waals surface area (Å²) in [7, 11) is 0. The number of Topliss-reactive ketones (excluding diaryl/α,β-unsaturated/α-hetero) is 2. The normalized spacial score (nSPS) is 19.2. The summed E-state index contributed by atoms with van der Waals surface area (Å²) in [6.07, 6.45) is 6.32. The van der Waals surface area contributed by atoms with Crippen molar-refractivity contribution in [3.63, 3.8) is 0 Å². The zero-order chi connectivity index (χ0) is 19.2. The smallest absolute Gasteiger partial charge is 0.163 e. The van der Waals surface area contributed by atoms with Crippen LogP contribution in [0.2, 0.25) is 0 Å². The first-order valence-corrected chi connectivity index (χ1v) is 10.7. The first-order valence-electron chi connectivity index (χ1n) is 9.92. The number of benzene rings is 2. The third-order valence-corrected chi connectivity index (χ3v) is 6.19. The molecule has 0 heterocycles. The van der Waals surface area contributed by atoms with Crippen LogP contribution in [-0.2, 0) is 4.79 Å². The van der Waals surface area contributed by atoms with Gasteiger partial charge in [-0.15, -0.1) is 0 Å². The van der Waals surface area contributed by atoms with E-state index < -0.39 is 0 Å². The van der Waals surface area contributed by atoms with Crippen LogP contribution in [-0.4, -0.2) is 11.6 Å². The fourth-order valence-electron chi connectivity index (χ4n) is 4.05. The van der Waals surface area contributed by atoms with E-state index in [4.69, 9.17) is 0 Å². The quantitative estimate of drug-likeness (QED) is 0.501. The van der Waals surface area contributed by atoms with E-state index in [2.05, 4.69) is 47.1 Å². The molecule has 0 spiro atoms. The Labute approximate surface area is 170 Å². The van der Waals surface area contributed by atoms with Gasteiger partial charge in [0.25, 0.3) is 0 Å². The molecule has 0 radical (unpaired) electrons. The molecule has 3 rings (SSSR count). The molecular weight excluding hydrogens is 400 g/mol. The van der Waals surface area contributed by atoms with Gasteiger partial charge in [-0.1, -0.05) is 77.2 Å². The van der Waals surface area contributed by atoms with E-state index in [-0.39, 0.29) is 17.6 Å². The van der Waals surface area contributed by atoms with Crippen LogP contribution in [0.4, 0.5) is 0 Å². The Bertz CT molecular complexity index is 777. The van der Waals surface area contributed by atoms with Crippen molar-refractivity contribution < 1.29 is 9.59 Å². The molecule has 2 atom stereocenters. The highest BCUT2D eigenvalue weighted by molar-refractivity contribution is 9.10. The van der Waals surface area contributed by atoms with Gasteiger partial charge in [-0.05, 0) is 37.5 Å². The lowest BCUT2D eigenvalue weighted by molar-refractivity contribution is -0.124. The van der Waals surface area contributed by atoms with Gasteiger partial charge in [-0.2, -0.15) is 0 Å². The van der Waals surface area contributed by atoms with Gasteiger partial charge < -0.3 is 0 Å². The van der Waals surface area contributed by atoms with Crippen LogP contribution in [0, 0.1) is 12.8 Å².